The van der Waals surface area contributed by atoms with Crippen molar-refractivity contribution < 1.29 is 0 Å². The van der Waals surface area contributed by atoms with E-state index < -0.39 is 0 Å². The van der Waals surface area contributed by atoms with Crippen LogP contribution in [0, 0.1) is 0 Å². The molecule has 0 aliphatic heterocycles. The lowest BCUT2D eigenvalue weighted by Crippen LogP contribution is -2.18. The van der Waals surface area contributed by atoms with Crippen molar-refractivity contribution in [3.63, 3.8) is 0 Å². The maximum Gasteiger partial charge on any atom is 0.0453 e. The van der Waals surface area contributed by atoms with Crippen LogP contribution in [0.15, 0.2) is 53.4 Å². The third-order valence-corrected chi connectivity index (χ3v) is 4.23. The molecule has 0 heterocycles. The molecule has 0 bridgehead atoms. The molecule has 0 amide bonds. The first-order chi connectivity index (χ1) is 9.20. The molecular weight excluding hydrogens is 274 g/mol. The highest BCUT2D eigenvalue weighted by molar-refractivity contribution is 7.98. The number of benzene rings is 2. The molecular formula is C16H18ClNS. The molecule has 0 saturated heterocycles. The van der Waals surface area contributed by atoms with Gasteiger partial charge in [0, 0.05) is 22.5 Å². The lowest BCUT2D eigenvalue weighted by atomic mass is 10.1. The first-order valence-corrected chi connectivity index (χ1v) is 7.91. The highest BCUT2D eigenvalue weighted by Gasteiger charge is 2.08. The smallest absolute Gasteiger partial charge is 0.0453 e. The molecule has 3 heteroatoms. The summed E-state index contributed by atoms with van der Waals surface area (Å²) in [4.78, 5) is 1.29. The van der Waals surface area contributed by atoms with E-state index in [1.54, 1.807) is 11.8 Å². The molecule has 0 aliphatic carbocycles. The number of halogens is 1. The fourth-order valence-corrected chi connectivity index (χ4v) is 2.66. The van der Waals surface area contributed by atoms with Gasteiger partial charge in [-0.2, -0.15) is 0 Å². The van der Waals surface area contributed by atoms with Crippen molar-refractivity contribution in [3.05, 3.63) is 64.7 Å². The molecule has 0 aliphatic rings. The molecule has 1 atom stereocenters. The average Bonchev–Trinajstić information content (AvgIpc) is 2.46. The SMILES string of the molecule is CSc1ccc(CN[C@H](C)c2ccccc2Cl)cc1. The highest BCUT2D eigenvalue weighted by Crippen LogP contribution is 2.22. The van der Waals surface area contributed by atoms with E-state index in [0.29, 0.717) is 0 Å². The van der Waals surface area contributed by atoms with E-state index in [0.717, 1.165) is 17.1 Å². The van der Waals surface area contributed by atoms with Gasteiger partial charge in [0.1, 0.15) is 0 Å². The van der Waals surface area contributed by atoms with Crippen LogP contribution in [0.5, 0.6) is 0 Å². The van der Waals surface area contributed by atoms with Crippen molar-refractivity contribution in [3.8, 4) is 0 Å². The van der Waals surface area contributed by atoms with Crippen molar-refractivity contribution in [2.75, 3.05) is 6.26 Å². The minimum Gasteiger partial charge on any atom is -0.306 e. The summed E-state index contributed by atoms with van der Waals surface area (Å²) >= 11 is 7.96. The lowest BCUT2D eigenvalue weighted by molar-refractivity contribution is 0.575. The summed E-state index contributed by atoms with van der Waals surface area (Å²) in [6.45, 7) is 2.98. The molecule has 0 fully saturated rings. The van der Waals surface area contributed by atoms with E-state index in [1.807, 2.05) is 18.2 Å². The van der Waals surface area contributed by atoms with Gasteiger partial charge in [-0.3, -0.25) is 0 Å². The molecule has 0 aromatic heterocycles. The molecule has 2 rings (SSSR count). The van der Waals surface area contributed by atoms with E-state index in [-0.39, 0.29) is 6.04 Å². The third kappa shape index (κ3) is 4.00. The Morgan fingerprint density at radius 3 is 2.42 bits per heavy atom. The van der Waals surface area contributed by atoms with Crippen LogP contribution in [0.4, 0.5) is 0 Å². The average molecular weight is 292 g/mol. The minimum atomic E-state index is 0.244. The quantitative estimate of drug-likeness (QED) is 0.785. The van der Waals surface area contributed by atoms with Crippen molar-refractivity contribution in [1.29, 1.82) is 0 Å². The Kier molecular flexibility index (Phi) is 5.32. The summed E-state index contributed by atoms with van der Waals surface area (Å²) in [6.07, 6.45) is 2.09. The molecule has 100 valence electrons. The van der Waals surface area contributed by atoms with Crippen LogP contribution in [0.3, 0.4) is 0 Å². The Labute approximate surface area is 124 Å². The van der Waals surface area contributed by atoms with Gasteiger partial charge in [0.15, 0.2) is 0 Å². The van der Waals surface area contributed by atoms with Gasteiger partial charge >= 0.3 is 0 Å². The molecule has 1 nitrogen and oxygen atoms in total. The van der Waals surface area contributed by atoms with Gasteiger partial charge in [-0.1, -0.05) is 41.9 Å². The zero-order valence-electron chi connectivity index (χ0n) is 11.2. The van der Waals surface area contributed by atoms with Gasteiger partial charge in [-0.15, -0.1) is 11.8 Å². The van der Waals surface area contributed by atoms with Crippen LogP contribution >= 0.6 is 23.4 Å². The molecule has 0 saturated carbocycles. The molecule has 0 radical (unpaired) electrons. The normalized spacial score (nSPS) is 12.4. The maximum absolute atomic E-state index is 6.20. The van der Waals surface area contributed by atoms with E-state index in [2.05, 4.69) is 48.8 Å². The van der Waals surface area contributed by atoms with Crippen molar-refractivity contribution >= 4 is 23.4 Å². The summed E-state index contributed by atoms with van der Waals surface area (Å²) in [5.74, 6) is 0. The van der Waals surface area contributed by atoms with E-state index >= 15 is 0 Å². The standard InChI is InChI=1S/C16H18ClNS/c1-12(15-5-3-4-6-16(15)17)18-11-13-7-9-14(19-2)10-8-13/h3-10,12,18H,11H2,1-2H3/t12-/m1/s1. The fourth-order valence-electron chi connectivity index (χ4n) is 1.95. The van der Waals surface area contributed by atoms with E-state index in [4.69, 9.17) is 11.6 Å². The van der Waals surface area contributed by atoms with Crippen molar-refractivity contribution in [2.24, 2.45) is 0 Å². The Morgan fingerprint density at radius 2 is 1.79 bits per heavy atom. The summed E-state index contributed by atoms with van der Waals surface area (Å²) in [5.41, 5.74) is 2.43. The number of thioether (sulfide) groups is 1. The summed E-state index contributed by atoms with van der Waals surface area (Å²) in [7, 11) is 0. The van der Waals surface area contributed by atoms with Crippen LogP contribution in [0.1, 0.15) is 24.1 Å². The van der Waals surface area contributed by atoms with E-state index in [9.17, 15) is 0 Å². The van der Waals surface area contributed by atoms with Crippen LogP contribution in [0.2, 0.25) is 5.02 Å². The number of hydrogen-bond donors (Lipinski definition) is 1. The van der Waals surface area contributed by atoms with Gasteiger partial charge in [-0.25, -0.2) is 0 Å². The second-order valence-electron chi connectivity index (χ2n) is 4.47. The Bertz CT molecular complexity index is 525. The second-order valence-corrected chi connectivity index (χ2v) is 5.76. The number of nitrogens with one attached hydrogen (secondary N) is 1. The van der Waals surface area contributed by atoms with Crippen molar-refractivity contribution in [2.45, 2.75) is 24.4 Å². The van der Waals surface area contributed by atoms with Gasteiger partial charge in [0.05, 0.1) is 0 Å². The summed E-state index contributed by atoms with van der Waals surface area (Å²) in [6, 6.07) is 16.9. The first-order valence-electron chi connectivity index (χ1n) is 6.31. The van der Waals surface area contributed by atoms with Gasteiger partial charge < -0.3 is 5.32 Å². The van der Waals surface area contributed by atoms with Gasteiger partial charge in [0.25, 0.3) is 0 Å². The molecule has 0 unspecified atom stereocenters. The van der Waals surface area contributed by atoms with Crippen LogP contribution in [0.25, 0.3) is 0 Å². The largest absolute Gasteiger partial charge is 0.306 e. The predicted octanol–water partition coefficient (Wildman–Crippen LogP) is 4.91. The van der Waals surface area contributed by atoms with Crippen LogP contribution < -0.4 is 5.32 Å². The Hall–Kier alpha value is -0.960. The Morgan fingerprint density at radius 1 is 1.11 bits per heavy atom. The zero-order chi connectivity index (χ0) is 13.7. The zero-order valence-corrected chi connectivity index (χ0v) is 12.8. The van der Waals surface area contributed by atoms with Crippen molar-refractivity contribution in [1.82, 2.24) is 5.32 Å². The molecule has 19 heavy (non-hydrogen) atoms. The summed E-state index contributed by atoms with van der Waals surface area (Å²) in [5, 5.41) is 4.32. The first kappa shape index (κ1) is 14.4. The van der Waals surface area contributed by atoms with Gasteiger partial charge in [-0.05, 0) is 42.5 Å². The number of rotatable bonds is 5. The fraction of sp³-hybridized carbons (Fsp3) is 0.250. The monoisotopic (exact) mass is 291 g/mol. The minimum absolute atomic E-state index is 0.244. The molecule has 1 N–H and O–H groups in total. The van der Waals surface area contributed by atoms with Crippen LogP contribution in [-0.2, 0) is 6.54 Å². The van der Waals surface area contributed by atoms with E-state index in [1.165, 1.54) is 10.5 Å². The Balaban J connectivity index is 1.96. The molecule has 2 aromatic carbocycles. The predicted molar refractivity (Wildman–Crippen MR) is 84.9 cm³/mol. The van der Waals surface area contributed by atoms with Gasteiger partial charge in [0.2, 0.25) is 0 Å². The molecule has 2 aromatic rings. The lowest BCUT2D eigenvalue weighted by Gasteiger charge is -2.15. The molecule has 0 spiro atoms. The summed E-state index contributed by atoms with van der Waals surface area (Å²) < 4.78 is 0. The highest BCUT2D eigenvalue weighted by atomic mass is 35.5. The third-order valence-electron chi connectivity index (χ3n) is 3.14. The topological polar surface area (TPSA) is 12.0 Å². The second kappa shape index (κ2) is 6.99. The maximum atomic E-state index is 6.20. The van der Waals surface area contributed by atoms with Crippen LogP contribution in [-0.4, -0.2) is 6.26 Å². The number of hydrogen-bond acceptors (Lipinski definition) is 2.